The topological polar surface area (TPSA) is 32.3 Å². The molecule has 1 rings (SSSR count). The van der Waals surface area contributed by atoms with Crippen molar-refractivity contribution in [2.75, 3.05) is 6.61 Å². The first-order valence-corrected chi connectivity index (χ1v) is 2.67. The minimum absolute atomic E-state index is 0. The molecule has 2 nitrogen and oxygen atoms in total. The average Bonchev–Trinajstić information content (AvgIpc) is 1.69. The first-order chi connectivity index (χ1) is 3.39. The van der Waals surface area contributed by atoms with Gasteiger partial charge in [-0.2, -0.15) is 0 Å². The Kier molecular flexibility index (Phi) is 4.69. The zero-order chi connectivity index (χ0) is 5.11. The van der Waals surface area contributed by atoms with Gasteiger partial charge in [-0.1, -0.05) is 0 Å². The van der Waals surface area contributed by atoms with Crippen LogP contribution in [0.3, 0.4) is 0 Å². The SMILES string of the molecule is [Li+].[O-]C1CCCCO1. The van der Waals surface area contributed by atoms with Gasteiger partial charge in [-0.25, -0.2) is 0 Å². The standard InChI is InChI=1S/C5H9O2.Li/c6-5-3-1-2-4-7-5;/h5H,1-4H2;/q-1;+1. The Hall–Kier alpha value is 0.517. The average molecular weight is 108 g/mol. The molecule has 1 aliphatic heterocycles. The van der Waals surface area contributed by atoms with E-state index >= 15 is 0 Å². The van der Waals surface area contributed by atoms with Crippen LogP contribution in [0.25, 0.3) is 0 Å². The second kappa shape index (κ2) is 4.40. The number of rotatable bonds is 0. The Morgan fingerprint density at radius 1 is 1.38 bits per heavy atom. The molecule has 1 aliphatic rings. The molecular weight excluding hydrogens is 99.0 g/mol. The summed E-state index contributed by atoms with van der Waals surface area (Å²) in [4.78, 5) is 0. The minimum atomic E-state index is -0.714. The fourth-order valence-corrected chi connectivity index (χ4v) is 0.711. The summed E-state index contributed by atoms with van der Waals surface area (Å²) in [6, 6.07) is 0. The summed E-state index contributed by atoms with van der Waals surface area (Å²) in [5, 5.41) is 10.3. The van der Waals surface area contributed by atoms with Gasteiger partial charge in [-0.05, 0) is 25.6 Å². The Bertz CT molecular complexity index is 52.4. The maximum Gasteiger partial charge on any atom is 1.00 e. The first-order valence-electron chi connectivity index (χ1n) is 2.67. The van der Waals surface area contributed by atoms with Gasteiger partial charge in [0.05, 0.1) is 0 Å². The molecule has 0 aromatic carbocycles. The quantitative estimate of drug-likeness (QED) is 0.307. The van der Waals surface area contributed by atoms with Crippen molar-refractivity contribution >= 4 is 0 Å². The summed E-state index contributed by atoms with van der Waals surface area (Å²) < 4.78 is 4.72. The van der Waals surface area contributed by atoms with Crippen molar-refractivity contribution in [3.05, 3.63) is 0 Å². The molecule has 1 saturated heterocycles. The molecule has 0 aromatic heterocycles. The summed E-state index contributed by atoms with van der Waals surface area (Å²) >= 11 is 0. The monoisotopic (exact) mass is 108 g/mol. The van der Waals surface area contributed by atoms with Gasteiger partial charge in [0.15, 0.2) is 0 Å². The van der Waals surface area contributed by atoms with E-state index in [9.17, 15) is 5.11 Å². The zero-order valence-corrected chi connectivity index (χ0v) is 5.22. The third kappa shape index (κ3) is 2.73. The predicted molar refractivity (Wildman–Crippen MR) is 23.6 cm³/mol. The fourth-order valence-electron chi connectivity index (χ4n) is 0.711. The largest absolute Gasteiger partial charge is 1.00 e. The van der Waals surface area contributed by atoms with E-state index in [0.717, 1.165) is 12.8 Å². The molecule has 42 valence electrons. The van der Waals surface area contributed by atoms with E-state index in [4.69, 9.17) is 4.74 Å². The van der Waals surface area contributed by atoms with Crippen LogP contribution in [-0.4, -0.2) is 12.9 Å². The van der Waals surface area contributed by atoms with Gasteiger partial charge in [-0.3, -0.25) is 0 Å². The van der Waals surface area contributed by atoms with Gasteiger partial charge < -0.3 is 9.84 Å². The molecule has 8 heavy (non-hydrogen) atoms. The molecule has 0 bridgehead atoms. The van der Waals surface area contributed by atoms with Gasteiger partial charge in [0.1, 0.15) is 0 Å². The Morgan fingerprint density at radius 2 is 2.12 bits per heavy atom. The normalized spacial score (nSPS) is 28.9. The van der Waals surface area contributed by atoms with Crippen molar-refractivity contribution in [3.63, 3.8) is 0 Å². The van der Waals surface area contributed by atoms with Crippen LogP contribution >= 0.6 is 0 Å². The second-order valence-corrected chi connectivity index (χ2v) is 1.80. The molecule has 1 heterocycles. The van der Waals surface area contributed by atoms with Crippen LogP contribution in [-0.2, 0) is 4.74 Å². The van der Waals surface area contributed by atoms with Crippen LogP contribution in [0.4, 0.5) is 0 Å². The van der Waals surface area contributed by atoms with Crippen LogP contribution in [0.15, 0.2) is 0 Å². The van der Waals surface area contributed by atoms with Crippen molar-refractivity contribution in [2.24, 2.45) is 0 Å². The van der Waals surface area contributed by atoms with Crippen molar-refractivity contribution in [3.8, 4) is 0 Å². The van der Waals surface area contributed by atoms with Crippen molar-refractivity contribution in [1.82, 2.24) is 0 Å². The second-order valence-electron chi connectivity index (χ2n) is 1.80. The fraction of sp³-hybridized carbons (Fsp3) is 1.00. The molecule has 3 heteroatoms. The molecule has 1 unspecified atom stereocenters. The van der Waals surface area contributed by atoms with E-state index in [1.807, 2.05) is 0 Å². The van der Waals surface area contributed by atoms with Gasteiger partial charge in [0.25, 0.3) is 0 Å². The number of ether oxygens (including phenoxy) is 1. The van der Waals surface area contributed by atoms with Crippen LogP contribution in [0.5, 0.6) is 0 Å². The van der Waals surface area contributed by atoms with Crippen LogP contribution in [0.2, 0.25) is 0 Å². The smallest absolute Gasteiger partial charge is 0.831 e. The molecule has 0 spiro atoms. The molecule has 0 amide bonds. The predicted octanol–water partition coefficient (Wildman–Crippen LogP) is -3.12. The minimum Gasteiger partial charge on any atom is -0.831 e. The summed E-state index contributed by atoms with van der Waals surface area (Å²) in [7, 11) is 0. The summed E-state index contributed by atoms with van der Waals surface area (Å²) in [5.74, 6) is 0. The molecule has 0 aliphatic carbocycles. The molecule has 0 radical (unpaired) electrons. The Morgan fingerprint density at radius 3 is 2.38 bits per heavy atom. The van der Waals surface area contributed by atoms with Crippen LogP contribution < -0.4 is 24.0 Å². The molecular formula is C5H9LiO2. The van der Waals surface area contributed by atoms with Crippen molar-refractivity contribution < 1.29 is 28.7 Å². The van der Waals surface area contributed by atoms with E-state index in [1.54, 1.807) is 0 Å². The Labute approximate surface area is 61.4 Å². The van der Waals surface area contributed by atoms with Gasteiger partial charge in [-0.15, -0.1) is 0 Å². The molecule has 1 atom stereocenters. The summed E-state index contributed by atoms with van der Waals surface area (Å²) in [6.45, 7) is 0.675. The van der Waals surface area contributed by atoms with E-state index in [-0.39, 0.29) is 18.9 Å². The first kappa shape index (κ1) is 8.52. The number of hydrogen-bond acceptors (Lipinski definition) is 2. The zero-order valence-electron chi connectivity index (χ0n) is 5.22. The van der Waals surface area contributed by atoms with E-state index in [2.05, 4.69) is 0 Å². The van der Waals surface area contributed by atoms with Gasteiger partial charge in [0, 0.05) is 6.61 Å². The third-order valence-corrected chi connectivity index (χ3v) is 1.14. The van der Waals surface area contributed by atoms with E-state index < -0.39 is 6.29 Å². The van der Waals surface area contributed by atoms with Gasteiger partial charge in [0.2, 0.25) is 0 Å². The van der Waals surface area contributed by atoms with E-state index in [0.29, 0.717) is 13.0 Å². The van der Waals surface area contributed by atoms with Crippen LogP contribution in [0.1, 0.15) is 19.3 Å². The number of hydrogen-bond donors (Lipinski definition) is 0. The Balaban J connectivity index is 0.000000490. The maximum absolute atomic E-state index is 10.3. The molecule has 0 N–H and O–H groups in total. The van der Waals surface area contributed by atoms with Crippen molar-refractivity contribution in [1.29, 1.82) is 0 Å². The summed E-state index contributed by atoms with van der Waals surface area (Å²) in [6.07, 6.45) is 2.11. The molecule has 0 aromatic rings. The molecule has 1 fully saturated rings. The van der Waals surface area contributed by atoms with Crippen molar-refractivity contribution in [2.45, 2.75) is 25.6 Å². The third-order valence-electron chi connectivity index (χ3n) is 1.14. The van der Waals surface area contributed by atoms with E-state index in [1.165, 1.54) is 0 Å². The molecule has 0 saturated carbocycles. The van der Waals surface area contributed by atoms with Crippen LogP contribution in [0, 0.1) is 0 Å². The summed E-state index contributed by atoms with van der Waals surface area (Å²) in [5.41, 5.74) is 0. The van der Waals surface area contributed by atoms with Gasteiger partial charge >= 0.3 is 18.9 Å². The maximum atomic E-state index is 10.3.